The van der Waals surface area contributed by atoms with Crippen molar-refractivity contribution in [2.75, 3.05) is 0 Å². The zero-order valence-electron chi connectivity index (χ0n) is 25.0. The molecule has 0 bridgehead atoms. The molecule has 0 fully saturated rings. The van der Waals surface area contributed by atoms with Gasteiger partial charge in [-0.1, -0.05) is 129 Å². The summed E-state index contributed by atoms with van der Waals surface area (Å²) >= 11 is 0. The Morgan fingerprint density at radius 3 is 1.32 bits per heavy atom. The molecule has 0 unspecified atom stereocenters. The molecule has 0 spiro atoms. The standard InChI is InChI=1S/C32H54O7S/c1-3-5-7-9-11-13-15-17-19-21-23-26-25-28(31(33)34)29(32(35)36)27(30(26)40(37,38)39)24-22-20-18-16-14-12-10-8-6-4-2/h25H,3-24H2,1-2H3,(H,33,34)(H,35,36)(H,37,38,39). The lowest BCUT2D eigenvalue weighted by Crippen LogP contribution is -2.18. The molecule has 3 N–H and O–H groups in total. The Hall–Kier alpha value is -1.93. The second-order valence-corrected chi connectivity index (χ2v) is 12.6. The van der Waals surface area contributed by atoms with E-state index in [-0.39, 0.29) is 24.0 Å². The second kappa shape index (κ2) is 20.9. The Morgan fingerprint density at radius 2 is 0.975 bits per heavy atom. The first kappa shape index (κ1) is 36.1. The third kappa shape index (κ3) is 14.1. The van der Waals surface area contributed by atoms with Gasteiger partial charge in [0.15, 0.2) is 0 Å². The van der Waals surface area contributed by atoms with Gasteiger partial charge in [0.1, 0.15) is 4.90 Å². The van der Waals surface area contributed by atoms with E-state index in [0.29, 0.717) is 12.8 Å². The minimum atomic E-state index is -4.74. The van der Waals surface area contributed by atoms with Gasteiger partial charge < -0.3 is 10.2 Å². The summed E-state index contributed by atoms with van der Waals surface area (Å²) in [6.07, 6.45) is 22.0. The summed E-state index contributed by atoms with van der Waals surface area (Å²) in [6.45, 7) is 4.39. The third-order valence-corrected chi connectivity index (χ3v) is 8.76. The fourth-order valence-corrected chi connectivity index (χ4v) is 6.54. The van der Waals surface area contributed by atoms with Crippen molar-refractivity contribution in [3.05, 3.63) is 28.3 Å². The van der Waals surface area contributed by atoms with E-state index in [9.17, 15) is 32.8 Å². The van der Waals surface area contributed by atoms with E-state index >= 15 is 0 Å². The molecular formula is C32H54O7S. The molecule has 1 rings (SSSR count). The number of carboxylic acids is 2. The summed E-state index contributed by atoms with van der Waals surface area (Å²) in [4.78, 5) is 23.7. The predicted octanol–water partition coefficient (Wildman–Crippen LogP) is 9.26. The van der Waals surface area contributed by atoms with Crippen LogP contribution in [0.3, 0.4) is 0 Å². The molecule has 7 nitrogen and oxygen atoms in total. The van der Waals surface area contributed by atoms with Crippen LogP contribution in [0.4, 0.5) is 0 Å². The molecule has 0 heterocycles. The highest BCUT2D eigenvalue weighted by molar-refractivity contribution is 7.86. The van der Waals surface area contributed by atoms with Crippen LogP contribution in [0, 0.1) is 0 Å². The maximum atomic E-state index is 12.5. The monoisotopic (exact) mass is 582 g/mol. The van der Waals surface area contributed by atoms with Crippen molar-refractivity contribution in [1.29, 1.82) is 0 Å². The highest BCUT2D eigenvalue weighted by atomic mass is 32.2. The molecule has 1 aromatic rings. The van der Waals surface area contributed by atoms with Crippen LogP contribution >= 0.6 is 0 Å². The van der Waals surface area contributed by atoms with Crippen LogP contribution in [0.25, 0.3) is 0 Å². The zero-order chi connectivity index (χ0) is 29.8. The number of aromatic carboxylic acids is 2. The lowest BCUT2D eigenvalue weighted by Gasteiger charge is -2.18. The van der Waals surface area contributed by atoms with Crippen molar-refractivity contribution in [2.24, 2.45) is 0 Å². The number of benzene rings is 1. The van der Waals surface area contributed by atoms with Gasteiger partial charge in [-0.3, -0.25) is 4.55 Å². The summed E-state index contributed by atoms with van der Waals surface area (Å²) < 4.78 is 35.2. The van der Waals surface area contributed by atoms with Crippen LogP contribution in [0.2, 0.25) is 0 Å². The molecule has 0 aliphatic carbocycles. The van der Waals surface area contributed by atoms with Crippen LogP contribution in [-0.2, 0) is 23.0 Å². The van der Waals surface area contributed by atoms with Crippen LogP contribution in [0.1, 0.15) is 174 Å². The molecule has 0 aliphatic heterocycles. The molecule has 40 heavy (non-hydrogen) atoms. The smallest absolute Gasteiger partial charge is 0.336 e. The van der Waals surface area contributed by atoms with Gasteiger partial charge in [0, 0.05) is 0 Å². The molecule has 0 aliphatic rings. The highest BCUT2D eigenvalue weighted by Crippen LogP contribution is 2.31. The number of hydrogen-bond donors (Lipinski definition) is 3. The first-order valence-corrected chi connectivity index (χ1v) is 17.2. The molecule has 0 amide bonds. The summed E-state index contributed by atoms with van der Waals surface area (Å²) in [7, 11) is -4.74. The largest absolute Gasteiger partial charge is 0.478 e. The van der Waals surface area contributed by atoms with E-state index in [0.717, 1.165) is 51.0 Å². The molecule has 0 saturated carbocycles. The van der Waals surface area contributed by atoms with Crippen molar-refractivity contribution in [1.82, 2.24) is 0 Å². The Bertz CT molecular complexity index is 985. The van der Waals surface area contributed by atoms with E-state index in [1.54, 1.807) is 0 Å². The van der Waals surface area contributed by atoms with E-state index in [1.807, 2.05) is 0 Å². The topological polar surface area (TPSA) is 129 Å². The van der Waals surface area contributed by atoms with E-state index in [4.69, 9.17) is 0 Å². The molecule has 1 aromatic carbocycles. The van der Waals surface area contributed by atoms with Gasteiger partial charge >= 0.3 is 11.9 Å². The average Bonchev–Trinajstić information content (AvgIpc) is 2.89. The molecule has 0 radical (unpaired) electrons. The first-order valence-electron chi connectivity index (χ1n) is 15.8. The summed E-state index contributed by atoms with van der Waals surface area (Å²) in [6, 6.07) is 1.14. The number of aryl methyl sites for hydroxylation is 1. The lowest BCUT2D eigenvalue weighted by molar-refractivity contribution is 0.0650. The maximum absolute atomic E-state index is 12.5. The van der Waals surface area contributed by atoms with Crippen molar-refractivity contribution in [2.45, 2.75) is 160 Å². The Morgan fingerprint density at radius 1 is 0.600 bits per heavy atom. The fourth-order valence-electron chi connectivity index (χ4n) is 5.53. The predicted molar refractivity (Wildman–Crippen MR) is 161 cm³/mol. The maximum Gasteiger partial charge on any atom is 0.336 e. The average molecular weight is 583 g/mol. The van der Waals surface area contributed by atoms with Crippen LogP contribution < -0.4 is 0 Å². The van der Waals surface area contributed by atoms with E-state index < -0.39 is 38.1 Å². The number of rotatable bonds is 25. The number of hydrogen-bond acceptors (Lipinski definition) is 4. The van der Waals surface area contributed by atoms with Gasteiger partial charge in [0.05, 0.1) is 11.1 Å². The van der Waals surface area contributed by atoms with Crippen molar-refractivity contribution in [3.8, 4) is 0 Å². The van der Waals surface area contributed by atoms with Gasteiger partial charge in [-0.15, -0.1) is 0 Å². The van der Waals surface area contributed by atoms with E-state index in [1.165, 1.54) is 70.6 Å². The van der Waals surface area contributed by atoms with Crippen LogP contribution in [0.5, 0.6) is 0 Å². The summed E-state index contributed by atoms with van der Waals surface area (Å²) in [5, 5.41) is 19.6. The quantitative estimate of drug-likeness (QED) is 0.0773. The third-order valence-electron chi connectivity index (χ3n) is 7.74. The Labute approximate surface area is 242 Å². The SMILES string of the molecule is CCCCCCCCCCCCc1cc(C(=O)O)c(C(=O)O)c(CCCCCCCCCCCC)c1S(=O)(=O)O. The number of carbonyl (C=O) groups is 2. The van der Waals surface area contributed by atoms with Crippen LogP contribution in [-0.4, -0.2) is 35.1 Å². The van der Waals surface area contributed by atoms with Gasteiger partial charge in [-0.25, -0.2) is 9.59 Å². The summed E-state index contributed by atoms with van der Waals surface area (Å²) in [5.74, 6) is -2.90. The van der Waals surface area contributed by atoms with Crippen molar-refractivity contribution in [3.63, 3.8) is 0 Å². The molecule has 8 heteroatoms. The van der Waals surface area contributed by atoms with Gasteiger partial charge in [-0.05, 0) is 42.9 Å². The highest BCUT2D eigenvalue weighted by Gasteiger charge is 2.30. The molecule has 0 atom stereocenters. The minimum absolute atomic E-state index is 0.0726. The molecule has 0 aromatic heterocycles. The molecular weight excluding hydrogens is 528 g/mol. The Balaban J connectivity index is 2.89. The zero-order valence-corrected chi connectivity index (χ0v) is 25.8. The van der Waals surface area contributed by atoms with Gasteiger partial charge in [-0.2, -0.15) is 8.42 Å². The van der Waals surface area contributed by atoms with Crippen molar-refractivity contribution < 1.29 is 32.8 Å². The summed E-state index contributed by atoms with van der Waals surface area (Å²) in [5.41, 5.74) is -0.810. The van der Waals surface area contributed by atoms with E-state index in [2.05, 4.69) is 13.8 Å². The fraction of sp³-hybridized carbons (Fsp3) is 0.750. The normalized spacial score (nSPS) is 11.7. The van der Waals surface area contributed by atoms with Gasteiger partial charge in [0.25, 0.3) is 10.1 Å². The second-order valence-electron chi connectivity index (χ2n) is 11.2. The molecule has 230 valence electrons. The lowest BCUT2D eigenvalue weighted by atomic mass is 9.91. The molecule has 0 saturated heterocycles. The van der Waals surface area contributed by atoms with Crippen molar-refractivity contribution >= 4 is 22.1 Å². The van der Waals surface area contributed by atoms with Gasteiger partial charge in [0.2, 0.25) is 0 Å². The minimum Gasteiger partial charge on any atom is -0.478 e. The Kier molecular flexibility index (Phi) is 18.8. The number of carboxylic acid groups (broad SMARTS) is 2. The van der Waals surface area contributed by atoms with Crippen LogP contribution in [0.15, 0.2) is 11.0 Å². The number of unbranched alkanes of at least 4 members (excludes halogenated alkanes) is 18. The first-order chi connectivity index (χ1) is 19.1.